The van der Waals surface area contributed by atoms with Crippen LogP contribution in [0.3, 0.4) is 0 Å². The topological polar surface area (TPSA) is 77.6 Å². The first kappa shape index (κ1) is 38.8. The van der Waals surface area contributed by atoms with Gasteiger partial charge in [0.05, 0.1) is 22.9 Å². The second-order valence-corrected chi connectivity index (χ2v) is 17.6. The average Bonchev–Trinajstić information content (AvgIpc) is 3.80. The number of nitrogens with zero attached hydrogens (tertiary/aromatic N) is 5. The fourth-order valence-electron chi connectivity index (χ4n) is 10.2. The summed E-state index contributed by atoms with van der Waals surface area (Å²) in [6, 6.07) is 76.2. The van der Waals surface area contributed by atoms with Gasteiger partial charge < -0.3 is 4.42 Å². The molecule has 11 aromatic carbocycles. The van der Waals surface area contributed by atoms with Crippen molar-refractivity contribution in [3.05, 3.63) is 225 Å². The highest BCUT2D eigenvalue weighted by molar-refractivity contribution is 6.23. The summed E-state index contributed by atoms with van der Waals surface area (Å²) in [6.07, 6.45) is 1.91. The fraction of sp³-hybridized carbons (Fsp3) is 0. The normalized spacial score (nSPS) is 11.8. The number of furan rings is 1. The largest absolute Gasteiger partial charge is 0.456 e. The summed E-state index contributed by atoms with van der Waals surface area (Å²) < 4.78 is 6.40. The predicted molar refractivity (Wildman–Crippen MR) is 283 cm³/mol. The van der Waals surface area contributed by atoms with E-state index in [-0.39, 0.29) is 0 Å². The summed E-state index contributed by atoms with van der Waals surface area (Å²) in [5.74, 6) is 1.67. The summed E-state index contributed by atoms with van der Waals surface area (Å²) in [5, 5.41) is 11.2. The van der Waals surface area contributed by atoms with E-state index in [0.717, 1.165) is 115 Å². The Bertz CT molecular complexity index is 4340. The molecule has 0 amide bonds. The van der Waals surface area contributed by atoms with E-state index in [1.54, 1.807) is 0 Å². The Morgan fingerprint density at radius 2 is 0.768 bits per heavy atom. The van der Waals surface area contributed by atoms with Gasteiger partial charge in [-0.15, -0.1) is 0 Å². The minimum Gasteiger partial charge on any atom is -0.456 e. The molecule has 0 bridgehead atoms. The molecule has 69 heavy (non-hydrogen) atoms. The maximum absolute atomic E-state index is 6.40. The zero-order valence-electron chi connectivity index (χ0n) is 37.0. The third-order valence-electron chi connectivity index (χ3n) is 13.5. The maximum atomic E-state index is 6.40. The van der Waals surface area contributed by atoms with Crippen molar-refractivity contribution in [3.8, 4) is 67.7 Å². The number of aromatic nitrogens is 5. The lowest BCUT2D eigenvalue weighted by Gasteiger charge is -2.15. The van der Waals surface area contributed by atoms with Gasteiger partial charge in [-0.2, -0.15) is 0 Å². The van der Waals surface area contributed by atoms with Gasteiger partial charge in [-0.3, -0.25) is 4.98 Å². The molecule has 0 N–H and O–H groups in total. The Morgan fingerprint density at radius 1 is 0.275 bits per heavy atom. The van der Waals surface area contributed by atoms with E-state index in [2.05, 4.69) is 170 Å². The van der Waals surface area contributed by atoms with E-state index in [9.17, 15) is 0 Å². The van der Waals surface area contributed by atoms with E-state index in [1.807, 2.05) is 54.7 Å². The van der Waals surface area contributed by atoms with Crippen LogP contribution in [0.15, 0.2) is 229 Å². The highest BCUT2D eigenvalue weighted by atomic mass is 16.3. The number of fused-ring (bicyclic) bond motifs is 12. The molecule has 0 unspecified atom stereocenters. The monoisotopic (exact) mass is 879 g/mol. The molecule has 0 aliphatic heterocycles. The molecule has 0 aliphatic rings. The molecule has 0 radical (unpaired) electrons. The van der Waals surface area contributed by atoms with Crippen molar-refractivity contribution in [2.24, 2.45) is 0 Å². The summed E-state index contributed by atoms with van der Waals surface area (Å²) in [7, 11) is 0. The van der Waals surface area contributed by atoms with Crippen LogP contribution in [0.1, 0.15) is 0 Å². The van der Waals surface area contributed by atoms with Crippen molar-refractivity contribution in [2.45, 2.75) is 0 Å². The maximum Gasteiger partial charge on any atom is 0.164 e. The van der Waals surface area contributed by atoms with Crippen molar-refractivity contribution in [1.29, 1.82) is 0 Å². The van der Waals surface area contributed by atoms with Crippen LogP contribution in [0.25, 0.3) is 144 Å². The lowest BCUT2D eigenvalue weighted by Crippen LogP contribution is -2.01. The van der Waals surface area contributed by atoms with Gasteiger partial charge in [-0.05, 0) is 109 Å². The first-order valence-electron chi connectivity index (χ1n) is 23.1. The van der Waals surface area contributed by atoms with Gasteiger partial charge in [0.2, 0.25) is 0 Å². The molecule has 0 fully saturated rings. The van der Waals surface area contributed by atoms with Crippen molar-refractivity contribution >= 4 is 76.1 Å². The summed E-state index contributed by atoms with van der Waals surface area (Å²) in [5.41, 5.74) is 12.0. The van der Waals surface area contributed by atoms with Crippen molar-refractivity contribution in [1.82, 2.24) is 24.9 Å². The Labute approximate surface area is 395 Å². The highest BCUT2D eigenvalue weighted by Gasteiger charge is 2.20. The minimum absolute atomic E-state index is 0.542. The summed E-state index contributed by atoms with van der Waals surface area (Å²) >= 11 is 0. The molecule has 0 saturated carbocycles. The minimum atomic E-state index is 0.542. The van der Waals surface area contributed by atoms with E-state index < -0.39 is 0 Å². The zero-order chi connectivity index (χ0) is 45.4. The first-order valence-corrected chi connectivity index (χ1v) is 23.1. The molecule has 6 heteroatoms. The third-order valence-corrected chi connectivity index (χ3v) is 13.5. The molecule has 14 rings (SSSR count). The zero-order valence-corrected chi connectivity index (χ0v) is 37.0. The Morgan fingerprint density at radius 3 is 1.46 bits per heavy atom. The van der Waals surface area contributed by atoms with E-state index in [4.69, 9.17) is 29.3 Å². The molecule has 0 atom stereocenters. The van der Waals surface area contributed by atoms with E-state index >= 15 is 0 Å². The Kier molecular flexibility index (Phi) is 8.79. The standard InChI is InChI=1S/C63H37N5O/c1-3-15-38(16-4-1)40-27-29-57-54(34-40)55-36-42(28-30-58(55)69-57)62-66-61(39-17-5-2-6-18-39)67-63(68-62)45-32-43(53-35-41-19-7-8-20-46(41)47-21-9-10-24-50(47)53)31-44(33-45)56-37-64-59-51-25-13-11-22-48(51)49-23-12-14-26-52(49)60(59)65-56/h1-37H. The van der Waals surface area contributed by atoms with Crippen LogP contribution in [-0.4, -0.2) is 24.9 Å². The number of benzene rings is 11. The average molecular weight is 880 g/mol. The van der Waals surface area contributed by atoms with Gasteiger partial charge in [-0.1, -0.05) is 164 Å². The van der Waals surface area contributed by atoms with Crippen LogP contribution in [0.5, 0.6) is 0 Å². The molecule has 3 aromatic heterocycles. The summed E-state index contributed by atoms with van der Waals surface area (Å²) in [6.45, 7) is 0. The van der Waals surface area contributed by atoms with Crippen LogP contribution in [0, 0.1) is 0 Å². The van der Waals surface area contributed by atoms with Crippen LogP contribution in [0.2, 0.25) is 0 Å². The second-order valence-electron chi connectivity index (χ2n) is 17.6. The molecular weight excluding hydrogens is 843 g/mol. The fourth-order valence-corrected chi connectivity index (χ4v) is 10.2. The van der Waals surface area contributed by atoms with Gasteiger partial charge in [0.25, 0.3) is 0 Å². The number of hydrogen-bond donors (Lipinski definition) is 0. The molecule has 320 valence electrons. The number of hydrogen-bond acceptors (Lipinski definition) is 6. The van der Waals surface area contributed by atoms with Gasteiger partial charge in [-0.25, -0.2) is 19.9 Å². The molecule has 14 aromatic rings. The molecule has 0 aliphatic carbocycles. The van der Waals surface area contributed by atoms with E-state index in [1.165, 1.54) is 10.8 Å². The molecule has 0 spiro atoms. The molecular formula is C63H37N5O. The lowest BCUT2D eigenvalue weighted by atomic mass is 9.91. The van der Waals surface area contributed by atoms with Crippen LogP contribution < -0.4 is 0 Å². The smallest absolute Gasteiger partial charge is 0.164 e. The highest BCUT2D eigenvalue weighted by Crippen LogP contribution is 2.41. The van der Waals surface area contributed by atoms with Crippen LogP contribution in [-0.2, 0) is 0 Å². The van der Waals surface area contributed by atoms with Crippen molar-refractivity contribution in [2.75, 3.05) is 0 Å². The number of rotatable bonds is 6. The van der Waals surface area contributed by atoms with Crippen LogP contribution >= 0.6 is 0 Å². The van der Waals surface area contributed by atoms with Crippen LogP contribution in [0.4, 0.5) is 0 Å². The second kappa shape index (κ2) is 15.6. The first-order chi connectivity index (χ1) is 34.2. The Balaban J connectivity index is 1.01. The molecule has 0 saturated heterocycles. The van der Waals surface area contributed by atoms with Gasteiger partial charge in [0.1, 0.15) is 11.2 Å². The SMILES string of the molecule is c1ccc(-c2ccc3oc4ccc(-c5nc(-c6ccccc6)nc(-c6cc(-c7cnc8c9ccccc9c9ccccc9c8n7)cc(-c7cc8ccccc8c8ccccc78)c6)n5)cc4c3c2)cc1. The van der Waals surface area contributed by atoms with Gasteiger partial charge in [0.15, 0.2) is 17.5 Å². The van der Waals surface area contributed by atoms with E-state index in [0.29, 0.717) is 17.5 Å². The van der Waals surface area contributed by atoms with Crippen molar-refractivity contribution < 1.29 is 4.42 Å². The Hall–Kier alpha value is -9.39. The predicted octanol–water partition coefficient (Wildman–Crippen LogP) is 16.3. The molecule has 3 heterocycles. The van der Waals surface area contributed by atoms with Gasteiger partial charge in [0, 0.05) is 43.8 Å². The summed E-state index contributed by atoms with van der Waals surface area (Å²) in [4.78, 5) is 26.5. The van der Waals surface area contributed by atoms with Gasteiger partial charge >= 0.3 is 0 Å². The third kappa shape index (κ3) is 6.53. The quantitative estimate of drug-likeness (QED) is 0.155. The lowest BCUT2D eigenvalue weighted by molar-refractivity contribution is 0.669. The van der Waals surface area contributed by atoms with Crippen molar-refractivity contribution in [3.63, 3.8) is 0 Å². The molecule has 6 nitrogen and oxygen atoms in total.